The van der Waals surface area contributed by atoms with Crippen molar-refractivity contribution >= 4 is 5.91 Å². The van der Waals surface area contributed by atoms with Crippen molar-refractivity contribution in [2.45, 2.75) is 26.8 Å². The van der Waals surface area contributed by atoms with Gasteiger partial charge in [-0.2, -0.15) is 0 Å². The molecule has 132 valence electrons. The Kier molecular flexibility index (Phi) is 5.37. The fraction of sp³-hybridized carbons (Fsp3) is 0.190. The second kappa shape index (κ2) is 7.87. The minimum atomic E-state index is -0.318. The standard InChI is InChI=1S/C21H20FN3O/c1-14-6-7-19(15(2)8-14)17-12-23-20(24-13-17)10-21(26)25-11-16-4-3-5-18(22)9-16/h3-9,12-13H,10-11H2,1-2H3,(H,25,26). The number of rotatable bonds is 5. The number of halogens is 1. The van der Waals surface area contributed by atoms with Gasteiger partial charge in [0, 0.05) is 24.5 Å². The van der Waals surface area contributed by atoms with Crippen molar-refractivity contribution in [1.82, 2.24) is 15.3 Å². The van der Waals surface area contributed by atoms with E-state index in [0.29, 0.717) is 11.4 Å². The van der Waals surface area contributed by atoms with Crippen LogP contribution in [0.5, 0.6) is 0 Å². The molecule has 4 nitrogen and oxygen atoms in total. The summed E-state index contributed by atoms with van der Waals surface area (Å²) in [5.41, 5.74) is 5.08. The number of hydrogen-bond acceptors (Lipinski definition) is 3. The highest BCUT2D eigenvalue weighted by Gasteiger charge is 2.08. The number of benzene rings is 2. The molecule has 5 heteroatoms. The molecule has 0 bridgehead atoms. The lowest BCUT2D eigenvalue weighted by Crippen LogP contribution is -2.25. The third-order valence-corrected chi connectivity index (χ3v) is 4.10. The first-order valence-electron chi connectivity index (χ1n) is 8.41. The number of nitrogens with one attached hydrogen (secondary N) is 1. The topological polar surface area (TPSA) is 54.9 Å². The van der Waals surface area contributed by atoms with Gasteiger partial charge in [-0.1, -0.05) is 35.9 Å². The predicted octanol–water partition coefficient (Wildman–Crippen LogP) is 3.76. The van der Waals surface area contributed by atoms with E-state index in [4.69, 9.17) is 0 Å². The number of aryl methyl sites for hydroxylation is 2. The molecule has 0 fully saturated rings. The van der Waals surface area contributed by atoms with Crippen molar-refractivity contribution in [3.8, 4) is 11.1 Å². The summed E-state index contributed by atoms with van der Waals surface area (Å²) in [6.45, 7) is 4.38. The molecular formula is C21H20FN3O. The molecule has 1 heterocycles. The van der Waals surface area contributed by atoms with Gasteiger partial charge in [0.05, 0.1) is 6.42 Å². The Balaban J connectivity index is 1.61. The zero-order chi connectivity index (χ0) is 18.5. The van der Waals surface area contributed by atoms with E-state index in [0.717, 1.165) is 16.7 Å². The van der Waals surface area contributed by atoms with E-state index in [-0.39, 0.29) is 24.7 Å². The molecule has 0 aliphatic rings. The zero-order valence-electron chi connectivity index (χ0n) is 14.8. The monoisotopic (exact) mass is 349 g/mol. The van der Waals surface area contributed by atoms with Gasteiger partial charge in [-0.05, 0) is 42.7 Å². The van der Waals surface area contributed by atoms with E-state index in [1.54, 1.807) is 24.5 Å². The van der Waals surface area contributed by atoms with Gasteiger partial charge in [-0.3, -0.25) is 4.79 Å². The van der Waals surface area contributed by atoms with Crippen LogP contribution in [0.4, 0.5) is 4.39 Å². The van der Waals surface area contributed by atoms with Crippen molar-refractivity contribution in [2.75, 3.05) is 0 Å². The van der Waals surface area contributed by atoms with E-state index < -0.39 is 0 Å². The van der Waals surface area contributed by atoms with Gasteiger partial charge in [0.15, 0.2) is 0 Å². The summed E-state index contributed by atoms with van der Waals surface area (Å²) < 4.78 is 13.1. The lowest BCUT2D eigenvalue weighted by molar-refractivity contribution is -0.120. The summed E-state index contributed by atoms with van der Waals surface area (Å²) in [4.78, 5) is 20.6. The van der Waals surface area contributed by atoms with Crippen LogP contribution in [-0.2, 0) is 17.8 Å². The summed E-state index contributed by atoms with van der Waals surface area (Å²) in [6, 6.07) is 12.4. The van der Waals surface area contributed by atoms with Crippen LogP contribution in [0.15, 0.2) is 54.9 Å². The van der Waals surface area contributed by atoms with E-state index in [1.165, 1.54) is 17.7 Å². The Morgan fingerprint density at radius 3 is 2.54 bits per heavy atom. The highest BCUT2D eigenvalue weighted by Crippen LogP contribution is 2.22. The van der Waals surface area contributed by atoms with E-state index in [1.807, 2.05) is 0 Å². The van der Waals surface area contributed by atoms with Gasteiger partial charge in [-0.25, -0.2) is 14.4 Å². The van der Waals surface area contributed by atoms with Gasteiger partial charge < -0.3 is 5.32 Å². The van der Waals surface area contributed by atoms with Crippen molar-refractivity contribution in [3.63, 3.8) is 0 Å². The van der Waals surface area contributed by atoms with Crippen LogP contribution in [0.1, 0.15) is 22.5 Å². The molecule has 0 radical (unpaired) electrons. The van der Waals surface area contributed by atoms with Crippen LogP contribution in [0.25, 0.3) is 11.1 Å². The maximum Gasteiger partial charge on any atom is 0.227 e. The largest absolute Gasteiger partial charge is 0.352 e. The summed E-state index contributed by atoms with van der Waals surface area (Å²) in [5, 5.41) is 2.75. The quantitative estimate of drug-likeness (QED) is 0.763. The van der Waals surface area contributed by atoms with Gasteiger partial charge in [-0.15, -0.1) is 0 Å². The summed E-state index contributed by atoms with van der Waals surface area (Å²) in [5.74, 6) is -0.0640. The maximum absolute atomic E-state index is 13.1. The molecule has 3 aromatic rings. The van der Waals surface area contributed by atoms with E-state index >= 15 is 0 Å². The molecule has 2 aromatic carbocycles. The lowest BCUT2D eigenvalue weighted by Gasteiger charge is -2.08. The van der Waals surface area contributed by atoms with Crippen LogP contribution in [-0.4, -0.2) is 15.9 Å². The van der Waals surface area contributed by atoms with E-state index in [2.05, 4.69) is 47.3 Å². The average Bonchev–Trinajstić information content (AvgIpc) is 2.61. The smallest absolute Gasteiger partial charge is 0.227 e. The number of nitrogens with zero attached hydrogens (tertiary/aromatic N) is 2. The Morgan fingerprint density at radius 2 is 1.85 bits per heavy atom. The summed E-state index contributed by atoms with van der Waals surface area (Å²) in [6.07, 6.45) is 3.56. The molecule has 1 N–H and O–H groups in total. The predicted molar refractivity (Wildman–Crippen MR) is 98.9 cm³/mol. The third kappa shape index (κ3) is 4.51. The molecule has 1 amide bonds. The molecule has 0 unspecified atom stereocenters. The van der Waals surface area contributed by atoms with Crippen LogP contribution < -0.4 is 5.32 Å². The third-order valence-electron chi connectivity index (χ3n) is 4.10. The van der Waals surface area contributed by atoms with Gasteiger partial charge >= 0.3 is 0 Å². The second-order valence-electron chi connectivity index (χ2n) is 6.29. The Morgan fingerprint density at radius 1 is 1.08 bits per heavy atom. The van der Waals surface area contributed by atoms with Crippen molar-refractivity contribution in [1.29, 1.82) is 0 Å². The highest BCUT2D eigenvalue weighted by atomic mass is 19.1. The van der Waals surface area contributed by atoms with Crippen LogP contribution in [0.3, 0.4) is 0 Å². The Bertz CT molecular complexity index is 923. The molecule has 1 aromatic heterocycles. The Labute approximate surface area is 152 Å². The van der Waals surface area contributed by atoms with Gasteiger partial charge in [0.25, 0.3) is 0 Å². The van der Waals surface area contributed by atoms with Gasteiger partial charge in [0.1, 0.15) is 11.6 Å². The minimum absolute atomic E-state index is 0.0858. The number of carbonyl (C=O) groups excluding carboxylic acids is 1. The van der Waals surface area contributed by atoms with Crippen LogP contribution >= 0.6 is 0 Å². The molecule has 0 aliphatic carbocycles. The first-order valence-corrected chi connectivity index (χ1v) is 8.41. The van der Waals surface area contributed by atoms with Crippen LogP contribution in [0, 0.1) is 19.7 Å². The van der Waals surface area contributed by atoms with Gasteiger partial charge in [0.2, 0.25) is 5.91 Å². The average molecular weight is 349 g/mol. The lowest BCUT2D eigenvalue weighted by atomic mass is 10.0. The SMILES string of the molecule is Cc1ccc(-c2cnc(CC(=O)NCc3cccc(F)c3)nc2)c(C)c1. The zero-order valence-corrected chi connectivity index (χ0v) is 14.8. The van der Waals surface area contributed by atoms with Crippen LogP contribution in [0.2, 0.25) is 0 Å². The number of aromatic nitrogens is 2. The number of carbonyl (C=O) groups is 1. The molecule has 0 aliphatic heterocycles. The second-order valence-corrected chi connectivity index (χ2v) is 6.29. The van der Waals surface area contributed by atoms with Crippen molar-refractivity contribution in [3.05, 3.63) is 83.2 Å². The summed E-state index contributed by atoms with van der Waals surface area (Å²) >= 11 is 0. The Hall–Kier alpha value is -3.08. The normalized spacial score (nSPS) is 10.6. The van der Waals surface area contributed by atoms with E-state index in [9.17, 15) is 9.18 Å². The molecule has 0 atom stereocenters. The molecule has 0 saturated heterocycles. The first kappa shape index (κ1) is 17.7. The minimum Gasteiger partial charge on any atom is -0.352 e. The fourth-order valence-corrected chi connectivity index (χ4v) is 2.78. The molecule has 0 spiro atoms. The molecular weight excluding hydrogens is 329 g/mol. The molecule has 3 rings (SSSR count). The summed E-state index contributed by atoms with van der Waals surface area (Å²) in [7, 11) is 0. The molecule has 26 heavy (non-hydrogen) atoms. The van der Waals surface area contributed by atoms with Crippen molar-refractivity contribution in [2.24, 2.45) is 0 Å². The fourth-order valence-electron chi connectivity index (χ4n) is 2.78. The highest BCUT2D eigenvalue weighted by molar-refractivity contribution is 5.77. The maximum atomic E-state index is 13.1. The number of amides is 1. The van der Waals surface area contributed by atoms with Crippen molar-refractivity contribution < 1.29 is 9.18 Å². The number of hydrogen-bond donors (Lipinski definition) is 1. The molecule has 0 saturated carbocycles. The first-order chi connectivity index (χ1) is 12.5.